The van der Waals surface area contributed by atoms with Gasteiger partial charge in [-0.1, -0.05) is 6.07 Å². The Kier molecular flexibility index (Phi) is 6.77. The van der Waals surface area contributed by atoms with E-state index in [9.17, 15) is 30.0 Å². The highest BCUT2D eigenvalue weighted by molar-refractivity contribution is 6.04. The zero-order chi connectivity index (χ0) is 28.2. The summed E-state index contributed by atoms with van der Waals surface area (Å²) in [5.41, 5.74) is -0.735. The lowest BCUT2D eigenvalue weighted by molar-refractivity contribution is 0.0694. The van der Waals surface area contributed by atoms with Crippen LogP contribution in [0.3, 0.4) is 0 Å². The van der Waals surface area contributed by atoms with Crippen LogP contribution in [0.5, 0.6) is 17.2 Å². The summed E-state index contributed by atoms with van der Waals surface area (Å²) >= 11 is 0. The molecule has 1 aromatic heterocycles. The molecular formula is C27H31FN4O7. The number of pyridine rings is 1. The maximum absolute atomic E-state index is 16.7. The van der Waals surface area contributed by atoms with Gasteiger partial charge in [0.05, 0.1) is 28.7 Å². The summed E-state index contributed by atoms with van der Waals surface area (Å²) in [7, 11) is 3.48. The van der Waals surface area contributed by atoms with E-state index >= 15 is 4.39 Å². The van der Waals surface area contributed by atoms with E-state index in [-0.39, 0.29) is 53.0 Å². The third-order valence-electron chi connectivity index (χ3n) is 7.52. The third-order valence-corrected chi connectivity index (χ3v) is 7.52. The van der Waals surface area contributed by atoms with E-state index in [1.54, 1.807) is 4.57 Å². The molecule has 5 rings (SSSR count). The number of aromatic hydroxyl groups is 2. The molecule has 1 fully saturated rings. The number of hydrogen-bond acceptors (Lipinski definition) is 9. The molecule has 0 aliphatic carbocycles. The average Bonchev–Trinajstić information content (AvgIpc) is 2.89. The molecule has 3 aromatic rings. The summed E-state index contributed by atoms with van der Waals surface area (Å²) in [5.74, 6) is -2.75. The van der Waals surface area contributed by atoms with Crippen LogP contribution >= 0.6 is 0 Å². The Morgan fingerprint density at radius 1 is 1.21 bits per heavy atom. The van der Waals surface area contributed by atoms with E-state index in [0.29, 0.717) is 31.7 Å². The zero-order valence-electron chi connectivity index (χ0n) is 21.9. The van der Waals surface area contributed by atoms with Gasteiger partial charge >= 0.3 is 5.97 Å². The van der Waals surface area contributed by atoms with Crippen molar-refractivity contribution in [3.05, 3.63) is 51.6 Å². The number of likely N-dealkylation sites (N-methyl/N-ethyl adjacent to an activating group) is 2. The first-order valence-electron chi connectivity index (χ1n) is 12.6. The predicted octanol–water partition coefficient (Wildman–Crippen LogP) is 2.12. The maximum Gasteiger partial charge on any atom is 0.341 e. The number of halogens is 1. The van der Waals surface area contributed by atoms with Crippen LogP contribution in [-0.2, 0) is 0 Å². The van der Waals surface area contributed by atoms with Gasteiger partial charge in [0, 0.05) is 46.0 Å². The molecule has 0 amide bonds. The molecule has 11 nitrogen and oxygen atoms in total. The number of anilines is 2. The number of aromatic carboxylic acids is 1. The minimum absolute atomic E-state index is 0.143. The van der Waals surface area contributed by atoms with Gasteiger partial charge in [0.1, 0.15) is 17.9 Å². The van der Waals surface area contributed by atoms with E-state index in [1.807, 2.05) is 18.9 Å². The Balaban J connectivity index is 1.74. The van der Waals surface area contributed by atoms with Crippen LogP contribution in [0.15, 0.2) is 29.2 Å². The molecule has 0 spiro atoms. The summed E-state index contributed by atoms with van der Waals surface area (Å²) in [5, 5.41) is 40.1. The number of phenolic OH excluding ortho intramolecular Hbond substituents is 2. The number of rotatable bonds is 6. The molecular weight excluding hydrogens is 511 g/mol. The number of nitrogens with zero attached hydrogens (tertiary/aromatic N) is 4. The smallest absolute Gasteiger partial charge is 0.341 e. The molecule has 0 radical (unpaired) electrons. The third kappa shape index (κ3) is 4.49. The van der Waals surface area contributed by atoms with Crippen LogP contribution in [0.25, 0.3) is 10.9 Å². The summed E-state index contributed by atoms with van der Waals surface area (Å²) in [6, 6.07) is 3.52. The summed E-state index contributed by atoms with van der Waals surface area (Å²) < 4.78 is 24.4. The highest BCUT2D eigenvalue weighted by Gasteiger charge is 2.35. The molecule has 2 aliphatic heterocycles. The van der Waals surface area contributed by atoms with Crippen LogP contribution in [-0.4, -0.2) is 89.3 Å². The molecule has 0 saturated carbocycles. The van der Waals surface area contributed by atoms with Gasteiger partial charge in [-0.05, 0) is 31.7 Å². The molecule has 39 heavy (non-hydrogen) atoms. The Hall–Kier alpha value is -4.03. The minimum Gasteiger partial charge on any atom is -0.504 e. The van der Waals surface area contributed by atoms with Crippen LogP contribution < -0.4 is 20.0 Å². The summed E-state index contributed by atoms with van der Waals surface area (Å²) in [6.45, 7) is 4.19. The monoisotopic (exact) mass is 542 g/mol. The second kappa shape index (κ2) is 9.93. The normalized spacial score (nSPS) is 18.2. The standard InChI is InChI=1S/C27H31FN4O7/c1-14-13-39-26-23-20(25(36)16(27(37)38)11-32(14)23)22(21(28)24(26)31-8-6-29(2)7-9-31)30(3)12-19(35)15-4-5-17(33)18(34)10-15/h4-5,10-11,14,19,33-35H,6-9,12-13H2,1-3H3,(H,37,38). The second-order valence-corrected chi connectivity index (χ2v) is 10.2. The maximum atomic E-state index is 16.7. The lowest BCUT2D eigenvalue weighted by Gasteiger charge is -2.38. The van der Waals surface area contributed by atoms with E-state index in [1.165, 1.54) is 36.3 Å². The van der Waals surface area contributed by atoms with Crippen molar-refractivity contribution in [1.29, 1.82) is 0 Å². The van der Waals surface area contributed by atoms with Gasteiger partial charge in [0.15, 0.2) is 23.1 Å². The molecule has 2 aliphatic rings. The number of phenols is 2. The Labute approximate surface area is 223 Å². The predicted molar refractivity (Wildman–Crippen MR) is 143 cm³/mol. The fourth-order valence-electron chi connectivity index (χ4n) is 5.31. The Morgan fingerprint density at radius 3 is 2.54 bits per heavy atom. The van der Waals surface area contributed by atoms with Crippen LogP contribution in [0.4, 0.5) is 15.8 Å². The number of aliphatic hydroxyl groups is 1. The van der Waals surface area contributed by atoms with E-state index in [4.69, 9.17) is 4.74 Å². The highest BCUT2D eigenvalue weighted by Crippen LogP contribution is 2.47. The van der Waals surface area contributed by atoms with Gasteiger partial charge in [-0.3, -0.25) is 4.79 Å². The van der Waals surface area contributed by atoms with Crippen LogP contribution in [0, 0.1) is 5.82 Å². The van der Waals surface area contributed by atoms with Gasteiger partial charge in [0.2, 0.25) is 5.43 Å². The van der Waals surface area contributed by atoms with Crippen molar-refractivity contribution in [3.63, 3.8) is 0 Å². The lowest BCUT2D eigenvalue weighted by atomic mass is 10.0. The number of benzene rings is 2. The largest absolute Gasteiger partial charge is 0.504 e. The average molecular weight is 543 g/mol. The molecule has 3 heterocycles. The fourth-order valence-corrected chi connectivity index (χ4v) is 5.31. The van der Waals surface area contributed by atoms with Gasteiger partial charge in [-0.15, -0.1) is 0 Å². The second-order valence-electron chi connectivity index (χ2n) is 10.2. The molecule has 0 bridgehead atoms. The van der Waals surface area contributed by atoms with Crippen molar-refractivity contribution >= 4 is 28.2 Å². The first-order valence-corrected chi connectivity index (χ1v) is 12.6. The minimum atomic E-state index is -1.43. The molecule has 4 N–H and O–H groups in total. The van der Waals surface area contributed by atoms with E-state index in [0.717, 1.165) is 0 Å². The number of aromatic nitrogens is 1. The van der Waals surface area contributed by atoms with E-state index in [2.05, 4.69) is 4.90 Å². The van der Waals surface area contributed by atoms with Crippen molar-refractivity contribution in [2.75, 3.05) is 63.2 Å². The number of hydrogen-bond donors (Lipinski definition) is 4. The Morgan fingerprint density at radius 2 is 1.90 bits per heavy atom. The Bertz CT molecular complexity index is 1520. The van der Waals surface area contributed by atoms with Gasteiger partial charge < -0.3 is 44.4 Å². The highest BCUT2D eigenvalue weighted by atomic mass is 19.1. The number of carboxylic acids is 1. The fraction of sp³-hybridized carbons (Fsp3) is 0.407. The summed E-state index contributed by atoms with van der Waals surface area (Å²) in [6.07, 6.45) is 0.0448. The zero-order valence-corrected chi connectivity index (χ0v) is 21.9. The van der Waals surface area contributed by atoms with Crippen molar-refractivity contribution in [3.8, 4) is 17.2 Å². The summed E-state index contributed by atoms with van der Waals surface area (Å²) in [4.78, 5) is 31.0. The van der Waals surface area contributed by atoms with Crippen molar-refractivity contribution in [1.82, 2.24) is 9.47 Å². The topological polar surface area (TPSA) is 139 Å². The molecule has 2 aromatic carbocycles. The van der Waals surface area contributed by atoms with Crippen molar-refractivity contribution in [2.24, 2.45) is 0 Å². The first kappa shape index (κ1) is 26.6. The van der Waals surface area contributed by atoms with Crippen molar-refractivity contribution in [2.45, 2.75) is 19.1 Å². The molecule has 12 heteroatoms. The first-order chi connectivity index (χ1) is 18.5. The quantitative estimate of drug-likeness (QED) is 0.343. The molecule has 208 valence electrons. The van der Waals surface area contributed by atoms with Crippen LogP contribution in [0.1, 0.15) is 35.0 Å². The SMILES string of the molecule is CC1COc2c(N3CCN(C)CC3)c(F)c(N(C)CC(O)c3ccc(O)c(O)c3)c3c(=O)c(C(=O)O)cn1c23. The van der Waals surface area contributed by atoms with Crippen molar-refractivity contribution < 1.29 is 34.3 Å². The molecule has 2 atom stereocenters. The van der Waals surface area contributed by atoms with E-state index < -0.39 is 34.6 Å². The lowest BCUT2D eigenvalue weighted by Crippen LogP contribution is -2.45. The van der Waals surface area contributed by atoms with Gasteiger partial charge in [-0.2, -0.15) is 0 Å². The number of carboxylic acid groups (broad SMARTS) is 1. The van der Waals surface area contributed by atoms with Crippen LogP contribution in [0.2, 0.25) is 0 Å². The number of piperazine rings is 1. The number of carbonyl (C=O) groups is 1. The number of ether oxygens (including phenoxy) is 1. The molecule has 1 saturated heterocycles. The van der Waals surface area contributed by atoms with Gasteiger partial charge in [-0.25, -0.2) is 9.18 Å². The number of aliphatic hydroxyl groups excluding tert-OH is 1. The molecule has 2 unspecified atom stereocenters. The van der Waals surface area contributed by atoms with Gasteiger partial charge in [0.25, 0.3) is 0 Å².